The van der Waals surface area contributed by atoms with Crippen LogP contribution in [0.4, 0.5) is 17.1 Å². The van der Waals surface area contributed by atoms with Gasteiger partial charge in [-0.05, 0) is 24.3 Å². The predicted molar refractivity (Wildman–Crippen MR) is 104 cm³/mol. The second kappa shape index (κ2) is 7.01. The molecule has 2 aliphatic rings. The molecule has 0 aromatic heterocycles. The van der Waals surface area contributed by atoms with E-state index in [1.165, 1.54) is 6.07 Å². The van der Waals surface area contributed by atoms with E-state index in [0.717, 1.165) is 37.4 Å². The summed E-state index contributed by atoms with van der Waals surface area (Å²) < 4.78 is 36.5. The van der Waals surface area contributed by atoms with E-state index in [4.69, 9.17) is 25.3 Å². The first-order valence-electron chi connectivity index (χ1n) is 8.32. The standard InChI is InChI=1S/C17H17ClN4O4S/c18-12-5-6-14-15(16(12)26-27(23,24)25)21-17(22-9-7-19-8-10-22)11-3-1-2-4-13(11)20-14/h1-6,19-20H,7-10H2,(H,23,24,25). The second-order valence-electron chi connectivity index (χ2n) is 6.13. The predicted octanol–water partition coefficient (Wildman–Crippen LogP) is 2.56. The number of para-hydroxylation sites is 1. The van der Waals surface area contributed by atoms with E-state index >= 15 is 0 Å². The molecule has 0 spiro atoms. The summed E-state index contributed by atoms with van der Waals surface area (Å²) >= 11 is 6.14. The fourth-order valence-electron chi connectivity index (χ4n) is 3.16. The van der Waals surface area contributed by atoms with Crippen LogP contribution < -0.4 is 14.8 Å². The number of amidine groups is 1. The van der Waals surface area contributed by atoms with Crippen LogP contribution in [-0.2, 0) is 10.4 Å². The molecule has 142 valence electrons. The highest BCUT2D eigenvalue weighted by atomic mass is 35.5. The van der Waals surface area contributed by atoms with Crippen molar-refractivity contribution in [1.82, 2.24) is 10.2 Å². The summed E-state index contributed by atoms with van der Waals surface area (Å²) in [5, 5.41) is 6.58. The fraction of sp³-hybridized carbons (Fsp3) is 0.235. The van der Waals surface area contributed by atoms with E-state index in [1.807, 2.05) is 24.3 Å². The Kier molecular flexibility index (Phi) is 4.68. The Morgan fingerprint density at radius 3 is 2.59 bits per heavy atom. The van der Waals surface area contributed by atoms with Gasteiger partial charge in [-0.2, -0.15) is 8.42 Å². The molecular formula is C17H17ClN4O4S. The van der Waals surface area contributed by atoms with Gasteiger partial charge in [0.15, 0.2) is 5.75 Å². The van der Waals surface area contributed by atoms with Crippen LogP contribution in [0.2, 0.25) is 5.02 Å². The summed E-state index contributed by atoms with van der Waals surface area (Å²) in [6, 6.07) is 10.9. The van der Waals surface area contributed by atoms with Crippen LogP contribution in [0.3, 0.4) is 0 Å². The first-order valence-corrected chi connectivity index (χ1v) is 10.1. The Bertz CT molecular complexity index is 1020. The van der Waals surface area contributed by atoms with Gasteiger partial charge in [0.25, 0.3) is 0 Å². The molecule has 0 atom stereocenters. The third-order valence-corrected chi connectivity index (χ3v) is 5.02. The van der Waals surface area contributed by atoms with Gasteiger partial charge in [0.05, 0.1) is 10.7 Å². The van der Waals surface area contributed by atoms with Gasteiger partial charge < -0.3 is 19.7 Å². The zero-order valence-electron chi connectivity index (χ0n) is 14.1. The third kappa shape index (κ3) is 3.72. The molecule has 0 amide bonds. The van der Waals surface area contributed by atoms with Gasteiger partial charge in [-0.1, -0.05) is 23.7 Å². The summed E-state index contributed by atoms with van der Waals surface area (Å²) in [4.78, 5) is 6.83. The van der Waals surface area contributed by atoms with E-state index in [2.05, 4.69) is 15.5 Å². The molecule has 2 aromatic rings. The number of nitrogens with zero attached hydrogens (tertiary/aromatic N) is 2. The second-order valence-corrected chi connectivity index (χ2v) is 7.56. The molecule has 8 nitrogen and oxygen atoms in total. The average molecular weight is 409 g/mol. The number of halogens is 1. The molecule has 3 N–H and O–H groups in total. The maximum absolute atomic E-state index is 11.3. The highest BCUT2D eigenvalue weighted by Crippen LogP contribution is 2.45. The zero-order chi connectivity index (χ0) is 19.0. The Morgan fingerprint density at radius 2 is 1.85 bits per heavy atom. The maximum atomic E-state index is 11.3. The lowest BCUT2D eigenvalue weighted by atomic mass is 10.1. The molecule has 4 rings (SSSR count). The molecule has 27 heavy (non-hydrogen) atoms. The summed E-state index contributed by atoms with van der Waals surface area (Å²) in [6.45, 7) is 3.12. The summed E-state index contributed by atoms with van der Waals surface area (Å²) in [5.74, 6) is 0.463. The van der Waals surface area contributed by atoms with E-state index in [9.17, 15) is 8.42 Å². The Hall–Kier alpha value is -2.33. The van der Waals surface area contributed by atoms with Gasteiger partial charge in [0, 0.05) is 37.4 Å². The maximum Gasteiger partial charge on any atom is 0.446 e. The molecule has 2 aromatic carbocycles. The summed E-state index contributed by atoms with van der Waals surface area (Å²) in [6.07, 6.45) is 0. The number of aliphatic imine (C=N–C) groups is 1. The quantitative estimate of drug-likeness (QED) is 0.656. The van der Waals surface area contributed by atoms with Crippen molar-refractivity contribution >= 4 is 44.9 Å². The number of fused-ring (bicyclic) bond motifs is 2. The van der Waals surface area contributed by atoms with Crippen molar-refractivity contribution in [3.63, 3.8) is 0 Å². The topological polar surface area (TPSA) is 103 Å². The summed E-state index contributed by atoms with van der Waals surface area (Å²) in [5.41, 5.74) is 2.44. The van der Waals surface area contributed by atoms with Crippen molar-refractivity contribution in [2.75, 3.05) is 31.5 Å². The molecule has 0 bridgehead atoms. The Morgan fingerprint density at radius 1 is 1.11 bits per heavy atom. The molecule has 1 fully saturated rings. The largest absolute Gasteiger partial charge is 0.446 e. The monoisotopic (exact) mass is 408 g/mol. The molecule has 0 saturated carbocycles. The van der Waals surface area contributed by atoms with Crippen molar-refractivity contribution in [3.8, 4) is 5.75 Å². The highest BCUT2D eigenvalue weighted by Gasteiger charge is 2.26. The van der Waals surface area contributed by atoms with E-state index in [1.54, 1.807) is 6.07 Å². The van der Waals surface area contributed by atoms with Crippen molar-refractivity contribution in [1.29, 1.82) is 0 Å². The molecule has 0 aliphatic carbocycles. The lowest BCUT2D eigenvalue weighted by Crippen LogP contribution is -2.46. The SMILES string of the molecule is O=S(=O)(O)Oc1c(Cl)ccc2c1N=C(N1CCNCC1)c1ccccc1N2. The third-order valence-electron chi connectivity index (χ3n) is 4.34. The van der Waals surface area contributed by atoms with Crippen molar-refractivity contribution < 1.29 is 17.2 Å². The Balaban J connectivity index is 1.93. The number of anilines is 2. The Labute approximate surface area is 161 Å². The number of hydrogen-bond donors (Lipinski definition) is 3. The van der Waals surface area contributed by atoms with Crippen LogP contribution in [0, 0.1) is 0 Å². The van der Waals surface area contributed by atoms with Crippen molar-refractivity contribution in [2.24, 2.45) is 4.99 Å². The zero-order valence-corrected chi connectivity index (χ0v) is 15.7. The number of piperazine rings is 1. The molecule has 1 saturated heterocycles. The van der Waals surface area contributed by atoms with Gasteiger partial charge in [0.2, 0.25) is 0 Å². The van der Waals surface area contributed by atoms with Gasteiger partial charge in [-0.25, -0.2) is 4.99 Å². The summed E-state index contributed by atoms with van der Waals surface area (Å²) in [7, 11) is -4.76. The van der Waals surface area contributed by atoms with Crippen LogP contribution >= 0.6 is 11.6 Å². The number of benzene rings is 2. The number of rotatable bonds is 2. The van der Waals surface area contributed by atoms with Crippen molar-refractivity contribution in [2.45, 2.75) is 0 Å². The lowest BCUT2D eigenvalue weighted by molar-refractivity contribution is 0.358. The van der Waals surface area contributed by atoms with Gasteiger partial charge in [-0.15, -0.1) is 0 Å². The normalized spacial score (nSPS) is 16.5. The first-order chi connectivity index (χ1) is 12.9. The minimum atomic E-state index is -4.76. The van der Waals surface area contributed by atoms with Gasteiger partial charge >= 0.3 is 10.4 Å². The van der Waals surface area contributed by atoms with E-state index < -0.39 is 10.4 Å². The molecular weight excluding hydrogens is 392 g/mol. The van der Waals surface area contributed by atoms with Gasteiger partial charge in [0.1, 0.15) is 11.5 Å². The van der Waals surface area contributed by atoms with Crippen LogP contribution in [0.5, 0.6) is 5.75 Å². The molecule has 0 unspecified atom stereocenters. The van der Waals surface area contributed by atoms with Crippen LogP contribution in [-0.4, -0.2) is 49.9 Å². The minimum Gasteiger partial charge on any atom is -0.358 e. The molecule has 2 heterocycles. The van der Waals surface area contributed by atoms with Crippen LogP contribution in [0.15, 0.2) is 41.4 Å². The average Bonchev–Trinajstić information content (AvgIpc) is 2.81. The van der Waals surface area contributed by atoms with Crippen LogP contribution in [0.1, 0.15) is 5.56 Å². The molecule has 10 heteroatoms. The van der Waals surface area contributed by atoms with Crippen molar-refractivity contribution in [3.05, 3.63) is 47.0 Å². The number of nitrogens with one attached hydrogen (secondary N) is 2. The smallest absolute Gasteiger partial charge is 0.358 e. The minimum absolute atomic E-state index is 0.0301. The van der Waals surface area contributed by atoms with Crippen LogP contribution in [0.25, 0.3) is 0 Å². The molecule has 0 radical (unpaired) electrons. The fourth-order valence-corrected chi connectivity index (χ4v) is 3.78. The van der Waals surface area contributed by atoms with Gasteiger partial charge in [-0.3, -0.25) is 4.55 Å². The lowest BCUT2D eigenvalue weighted by Gasteiger charge is -2.30. The van der Waals surface area contributed by atoms with E-state index in [-0.39, 0.29) is 16.5 Å². The highest BCUT2D eigenvalue weighted by molar-refractivity contribution is 7.81. The molecule has 2 aliphatic heterocycles. The number of hydrogen-bond acceptors (Lipinski definition) is 7. The van der Waals surface area contributed by atoms with E-state index in [0.29, 0.717) is 11.5 Å². The first kappa shape index (κ1) is 18.1.